The summed E-state index contributed by atoms with van der Waals surface area (Å²) in [7, 11) is -8.85. The molecule has 0 N–H and O–H groups in total. The van der Waals surface area contributed by atoms with Crippen LogP contribution < -0.4 is 0 Å². The van der Waals surface area contributed by atoms with Crippen LogP contribution >= 0.6 is 11.8 Å². The van der Waals surface area contributed by atoms with E-state index in [1.165, 1.54) is 11.8 Å². The lowest BCUT2D eigenvalue weighted by Gasteiger charge is -2.16. The van der Waals surface area contributed by atoms with E-state index in [0.717, 1.165) is 9.87 Å². The zero-order chi connectivity index (χ0) is 18.1. The van der Waals surface area contributed by atoms with Gasteiger partial charge in [-0.1, -0.05) is 60.3 Å². The normalized spacial score (nSPS) is 20.1. The predicted octanol–water partition coefficient (Wildman–Crippen LogP) is 2.75. The molecule has 6 nitrogen and oxygen atoms in total. The van der Waals surface area contributed by atoms with Crippen LogP contribution in [0, 0.1) is 0 Å². The lowest BCUT2D eigenvalue weighted by molar-refractivity contribution is 0.535. The average molecular weight is 397 g/mol. The number of amidine groups is 1. The van der Waals surface area contributed by atoms with Crippen LogP contribution in [-0.2, 0) is 17.9 Å². The maximum atomic E-state index is 12.5. The monoisotopic (exact) mass is 396 g/mol. The van der Waals surface area contributed by atoms with E-state index in [9.17, 15) is 16.8 Å². The number of rotatable bonds is 4. The molecule has 1 saturated heterocycles. The standard InChI is InChI=1S/C16H16N2O4S3/c1-24(19,20)25(21,22)18-12-15(13-8-4-2-5-9-13)23-16(18)17-14-10-6-3-7-11-14/h2-11,15H,12H2,1H3/t15-/m1/s1. The number of hydrogen-bond donors (Lipinski definition) is 0. The zero-order valence-electron chi connectivity index (χ0n) is 13.3. The van der Waals surface area contributed by atoms with Crippen LogP contribution in [0.1, 0.15) is 10.8 Å². The Labute approximate surface area is 151 Å². The van der Waals surface area contributed by atoms with Crippen molar-refractivity contribution in [1.82, 2.24) is 4.31 Å². The van der Waals surface area contributed by atoms with E-state index in [-0.39, 0.29) is 17.0 Å². The molecule has 2 aromatic rings. The Morgan fingerprint density at radius 2 is 1.52 bits per heavy atom. The van der Waals surface area contributed by atoms with Crippen LogP contribution in [0.2, 0.25) is 0 Å². The molecule has 1 heterocycles. The van der Waals surface area contributed by atoms with Crippen LogP contribution in [0.25, 0.3) is 0 Å². The molecule has 1 atom stereocenters. The summed E-state index contributed by atoms with van der Waals surface area (Å²) in [5.41, 5.74) is 1.48. The Bertz CT molecular complexity index is 988. The van der Waals surface area contributed by atoms with Gasteiger partial charge in [0.25, 0.3) is 8.87 Å². The highest BCUT2D eigenvalue weighted by molar-refractivity contribution is 8.66. The molecule has 1 aliphatic heterocycles. The van der Waals surface area contributed by atoms with Gasteiger partial charge in [-0.2, -0.15) is 8.42 Å². The van der Waals surface area contributed by atoms with E-state index >= 15 is 0 Å². The molecule has 132 valence electrons. The average Bonchev–Trinajstić information content (AvgIpc) is 3.00. The number of nitrogens with zero attached hydrogens (tertiary/aromatic N) is 2. The molecule has 0 aromatic heterocycles. The molecule has 0 saturated carbocycles. The molecule has 9 heteroatoms. The maximum absolute atomic E-state index is 12.5. The number of hydrogen-bond acceptors (Lipinski definition) is 6. The highest BCUT2D eigenvalue weighted by Gasteiger charge is 2.42. The maximum Gasteiger partial charge on any atom is 0.342 e. The third-order valence-corrected chi connectivity index (χ3v) is 9.40. The molecule has 0 bridgehead atoms. The van der Waals surface area contributed by atoms with E-state index < -0.39 is 17.9 Å². The minimum atomic E-state index is -4.53. The molecule has 1 fully saturated rings. The number of aliphatic imine (C=N–C) groups is 1. The van der Waals surface area contributed by atoms with Crippen LogP contribution in [0.4, 0.5) is 5.69 Å². The highest BCUT2D eigenvalue weighted by Crippen LogP contribution is 2.41. The van der Waals surface area contributed by atoms with Gasteiger partial charge in [-0.05, 0) is 17.7 Å². The van der Waals surface area contributed by atoms with Crippen molar-refractivity contribution in [2.45, 2.75) is 5.25 Å². The van der Waals surface area contributed by atoms with Crippen molar-refractivity contribution in [1.29, 1.82) is 0 Å². The van der Waals surface area contributed by atoms with Gasteiger partial charge in [0.05, 0.1) is 23.7 Å². The van der Waals surface area contributed by atoms with E-state index in [1.54, 1.807) is 24.3 Å². The van der Waals surface area contributed by atoms with Crippen molar-refractivity contribution in [3.63, 3.8) is 0 Å². The van der Waals surface area contributed by atoms with E-state index in [1.807, 2.05) is 36.4 Å². The van der Waals surface area contributed by atoms with Gasteiger partial charge in [0.15, 0.2) is 5.17 Å². The SMILES string of the molecule is CS(=O)(=O)S(=O)(=O)N1C[C@H](c2ccccc2)SC1=Nc1ccccc1. The van der Waals surface area contributed by atoms with E-state index in [0.29, 0.717) is 11.9 Å². The van der Waals surface area contributed by atoms with Crippen LogP contribution in [-0.4, -0.2) is 39.1 Å². The van der Waals surface area contributed by atoms with Gasteiger partial charge in [0.1, 0.15) is 0 Å². The first-order chi connectivity index (χ1) is 11.8. The van der Waals surface area contributed by atoms with Gasteiger partial charge in [-0.15, -0.1) is 0 Å². The van der Waals surface area contributed by atoms with Crippen LogP contribution in [0.15, 0.2) is 65.7 Å². The lowest BCUT2D eigenvalue weighted by atomic mass is 10.1. The molecule has 0 amide bonds. The Hall–Kier alpha value is -1.84. The number of para-hydroxylation sites is 1. The van der Waals surface area contributed by atoms with Crippen molar-refractivity contribution in [2.75, 3.05) is 12.8 Å². The van der Waals surface area contributed by atoms with Gasteiger partial charge >= 0.3 is 9.06 Å². The first kappa shape index (κ1) is 18.0. The fourth-order valence-corrected chi connectivity index (χ4v) is 6.39. The topological polar surface area (TPSA) is 83.9 Å². The number of benzene rings is 2. The van der Waals surface area contributed by atoms with E-state index in [4.69, 9.17) is 0 Å². The quantitative estimate of drug-likeness (QED) is 0.742. The molecule has 0 spiro atoms. The third kappa shape index (κ3) is 3.73. The minimum Gasteiger partial charge on any atom is -0.234 e. The highest BCUT2D eigenvalue weighted by atomic mass is 33.2. The summed E-state index contributed by atoms with van der Waals surface area (Å²) in [5, 5.41) is -0.0642. The minimum absolute atomic E-state index is 0.0236. The molecular weight excluding hydrogens is 380 g/mol. The van der Waals surface area contributed by atoms with Crippen molar-refractivity contribution < 1.29 is 16.8 Å². The van der Waals surface area contributed by atoms with Crippen LogP contribution in [0.3, 0.4) is 0 Å². The first-order valence-corrected chi connectivity index (χ1v) is 12.1. The molecule has 2 aromatic carbocycles. The second kappa shape index (κ2) is 6.81. The van der Waals surface area contributed by atoms with Crippen molar-refractivity contribution >= 4 is 40.5 Å². The van der Waals surface area contributed by atoms with Gasteiger partial charge < -0.3 is 0 Å². The second-order valence-corrected chi connectivity index (χ2v) is 12.4. The van der Waals surface area contributed by atoms with Gasteiger partial charge in [-0.25, -0.2) is 17.7 Å². The third-order valence-electron chi connectivity index (χ3n) is 3.60. The molecule has 25 heavy (non-hydrogen) atoms. The van der Waals surface area contributed by atoms with Crippen molar-refractivity contribution in [2.24, 2.45) is 4.99 Å². The van der Waals surface area contributed by atoms with E-state index in [2.05, 4.69) is 4.99 Å². The fourth-order valence-electron chi connectivity index (χ4n) is 2.34. The zero-order valence-corrected chi connectivity index (χ0v) is 15.8. The Kier molecular flexibility index (Phi) is 4.90. The molecule has 0 unspecified atom stereocenters. The fraction of sp³-hybridized carbons (Fsp3) is 0.188. The predicted molar refractivity (Wildman–Crippen MR) is 101 cm³/mol. The Morgan fingerprint density at radius 1 is 0.960 bits per heavy atom. The van der Waals surface area contributed by atoms with Crippen molar-refractivity contribution in [3.05, 3.63) is 66.2 Å². The molecular formula is C16H16N2O4S3. The van der Waals surface area contributed by atoms with Gasteiger partial charge in [-0.3, -0.25) is 0 Å². The second-order valence-electron chi connectivity index (χ2n) is 5.44. The Morgan fingerprint density at radius 3 is 2.08 bits per heavy atom. The van der Waals surface area contributed by atoms with Crippen molar-refractivity contribution in [3.8, 4) is 0 Å². The summed E-state index contributed by atoms with van der Waals surface area (Å²) >= 11 is 1.24. The van der Waals surface area contributed by atoms with Gasteiger partial charge in [0, 0.05) is 0 Å². The molecule has 1 aliphatic rings. The lowest BCUT2D eigenvalue weighted by Crippen LogP contribution is -2.36. The summed E-state index contributed by atoms with van der Waals surface area (Å²) in [4.78, 5) is 4.36. The molecule has 3 rings (SSSR count). The summed E-state index contributed by atoms with van der Waals surface area (Å²) in [6, 6.07) is 18.2. The Balaban J connectivity index is 2.05. The summed E-state index contributed by atoms with van der Waals surface area (Å²) in [6.45, 7) is 0.0236. The number of thioether (sulfide) groups is 1. The molecule has 0 radical (unpaired) electrons. The first-order valence-electron chi connectivity index (χ1n) is 7.37. The largest absolute Gasteiger partial charge is 0.342 e. The molecule has 0 aliphatic carbocycles. The smallest absolute Gasteiger partial charge is 0.234 e. The van der Waals surface area contributed by atoms with Crippen LogP contribution in [0.5, 0.6) is 0 Å². The summed E-state index contributed by atoms with van der Waals surface area (Å²) in [6.07, 6.45) is 0.697. The van der Waals surface area contributed by atoms with Gasteiger partial charge in [0.2, 0.25) is 0 Å². The summed E-state index contributed by atoms with van der Waals surface area (Å²) in [5.74, 6) is 0. The summed E-state index contributed by atoms with van der Waals surface area (Å²) < 4.78 is 49.4.